The van der Waals surface area contributed by atoms with Gasteiger partial charge in [-0.25, -0.2) is 0 Å². The van der Waals surface area contributed by atoms with Crippen molar-refractivity contribution in [2.75, 3.05) is 0 Å². The number of hydrogen-bond acceptors (Lipinski definition) is 0. The fraction of sp³-hybridized carbons (Fsp3) is 0.833. The van der Waals surface area contributed by atoms with Gasteiger partial charge in [0.25, 0.3) is 0 Å². The van der Waals surface area contributed by atoms with E-state index in [-0.39, 0.29) is 0 Å². The summed E-state index contributed by atoms with van der Waals surface area (Å²) in [6, 6.07) is 0. The third-order valence-corrected chi connectivity index (χ3v) is 3.74. The summed E-state index contributed by atoms with van der Waals surface area (Å²) in [6.07, 6.45) is 5.13. The third-order valence-electron chi connectivity index (χ3n) is 3.74. The average molecular weight is 166 g/mol. The first-order valence-corrected chi connectivity index (χ1v) is 5.22. The normalized spacial score (nSPS) is 35.8. The predicted molar refractivity (Wildman–Crippen MR) is 55.1 cm³/mol. The molecule has 0 bridgehead atoms. The molecule has 2 unspecified atom stereocenters. The molecule has 0 nitrogen and oxygen atoms in total. The van der Waals surface area contributed by atoms with Crippen molar-refractivity contribution < 1.29 is 0 Å². The summed E-state index contributed by atoms with van der Waals surface area (Å²) in [5.74, 6) is 1.59. The van der Waals surface area contributed by atoms with Crippen LogP contribution in [0.25, 0.3) is 0 Å². The minimum Gasteiger partial charge on any atom is -0.0822 e. The molecule has 0 saturated heterocycles. The monoisotopic (exact) mass is 166 g/mol. The van der Waals surface area contributed by atoms with Gasteiger partial charge in [-0.2, -0.15) is 0 Å². The first-order valence-electron chi connectivity index (χ1n) is 5.22. The SMILES string of the molecule is CCC1(C(C)C)CC(C)C=C1C. The van der Waals surface area contributed by atoms with Crippen LogP contribution in [0.1, 0.15) is 47.5 Å². The Hall–Kier alpha value is -0.260. The summed E-state index contributed by atoms with van der Waals surface area (Å²) >= 11 is 0. The van der Waals surface area contributed by atoms with E-state index in [4.69, 9.17) is 0 Å². The van der Waals surface area contributed by atoms with Crippen molar-refractivity contribution in [2.24, 2.45) is 17.3 Å². The summed E-state index contributed by atoms with van der Waals surface area (Å²) in [4.78, 5) is 0. The minimum absolute atomic E-state index is 0.527. The van der Waals surface area contributed by atoms with Crippen molar-refractivity contribution in [1.29, 1.82) is 0 Å². The number of hydrogen-bond donors (Lipinski definition) is 0. The molecule has 0 spiro atoms. The summed E-state index contributed by atoms with van der Waals surface area (Å²) < 4.78 is 0. The van der Waals surface area contributed by atoms with Crippen LogP contribution in [0.5, 0.6) is 0 Å². The lowest BCUT2D eigenvalue weighted by Gasteiger charge is -2.35. The van der Waals surface area contributed by atoms with Crippen molar-refractivity contribution in [2.45, 2.75) is 47.5 Å². The van der Waals surface area contributed by atoms with Crippen LogP contribution < -0.4 is 0 Å². The highest BCUT2D eigenvalue weighted by Gasteiger charge is 2.38. The van der Waals surface area contributed by atoms with Crippen LogP contribution in [-0.2, 0) is 0 Å². The van der Waals surface area contributed by atoms with Crippen LogP contribution in [0.4, 0.5) is 0 Å². The number of allylic oxidation sites excluding steroid dienone is 2. The van der Waals surface area contributed by atoms with E-state index in [9.17, 15) is 0 Å². The van der Waals surface area contributed by atoms with Gasteiger partial charge < -0.3 is 0 Å². The van der Waals surface area contributed by atoms with Gasteiger partial charge in [-0.05, 0) is 37.0 Å². The Balaban J connectivity index is 2.90. The topological polar surface area (TPSA) is 0 Å². The molecule has 0 radical (unpaired) electrons. The van der Waals surface area contributed by atoms with Gasteiger partial charge >= 0.3 is 0 Å². The second kappa shape index (κ2) is 3.24. The minimum atomic E-state index is 0.527. The Kier molecular flexibility index (Phi) is 2.65. The molecule has 12 heavy (non-hydrogen) atoms. The van der Waals surface area contributed by atoms with Crippen molar-refractivity contribution in [3.8, 4) is 0 Å². The van der Waals surface area contributed by atoms with Gasteiger partial charge in [0, 0.05) is 0 Å². The summed E-state index contributed by atoms with van der Waals surface area (Å²) in [5.41, 5.74) is 2.16. The van der Waals surface area contributed by atoms with Crippen LogP contribution in [0.2, 0.25) is 0 Å². The van der Waals surface area contributed by atoms with E-state index < -0.39 is 0 Å². The first kappa shape index (κ1) is 9.83. The highest BCUT2D eigenvalue weighted by atomic mass is 14.4. The van der Waals surface area contributed by atoms with Crippen LogP contribution in [0.3, 0.4) is 0 Å². The average Bonchev–Trinajstić information content (AvgIpc) is 2.26. The maximum atomic E-state index is 2.46. The van der Waals surface area contributed by atoms with Crippen molar-refractivity contribution in [1.82, 2.24) is 0 Å². The van der Waals surface area contributed by atoms with Crippen molar-refractivity contribution in [3.63, 3.8) is 0 Å². The van der Waals surface area contributed by atoms with E-state index in [0.29, 0.717) is 5.41 Å². The molecule has 0 aromatic carbocycles. The summed E-state index contributed by atoms with van der Waals surface area (Å²) in [7, 11) is 0. The first-order chi connectivity index (χ1) is 5.53. The highest BCUT2D eigenvalue weighted by Crippen LogP contribution is 2.49. The van der Waals surface area contributed by atoms with Gasteiger partial charge in [0.15, 0.2) is 0 Å². The molecule has 0 amide bonds. The van der Waals surface area contributed by atoms with Gasteiger partial charge in [-0.1, -0.05) is 39.3 Å². The third kappa shape index (κ3) is 1.32. The predicted octanol–water partition coefficient (Wildman–Crippen LogP) is 4.02. The van der Waals surface area contributed by atoms with Crippen molar-refractivity contribution >= 4 is 0 Å². The molecule has 0 heteroatoms. The molecule has 1 aliphatic rings. The van der Waals surface area contributed by atoms with E-state index in [1.165, 1.54) is 12.8 Å². The molecule has 1 aliphatic carbocycles. The zero-order chi connectivity index (χ0) is 9.35. The van der Waals surface area contributed by atoms with Crippen LogP contribution in [0.15, 0.2) is 11.6 Å². The van der Waals surface area contributed by atoms with E-state index >= 15 is 0 Å². The van der Waals surface area contributed by atoms with E-state index in [1.807, 2.05) is 0 Å². The second-order valence-electron chi connectivity index (χ2n) is 4.70. The lowest BCUT2D eigenvalue weighted by Crippen LogP contribution is -2.25. The molecule has 0 aromatic heterocycles. The molecule has 0 aromatic rings. The quantitative estimate of drug-likeness (QED) is 0.543. The maximum absolute atomic E-state index is 2.46. The number of rotatable bonds is 2. The van der Waals surface area contributed by atoms with Gasteiger partial charge in [0.05, 0.1) is 0 Å². The fourth-order valence-electron chi connectivity index (χ4n) is 2.91. The fourth-order valence-corrected chi connectivity index (χ4v) is 2.91. The smallest absolute Gasteiger partial charge is 0.00649 e. The lowest BCUT2D eigenvalue weighted by atomic mass is 9.70. The van der Waals surface area contributed by atoms with Gasteiger partial charge in [0.1, 0.15) is 0 Å². The molecule has 0 N–H and O–H groups in total. The largest absolute Gasteiger partial charge is 0.0822 e. The van der Waals surface area contributed by atoms with Gasteiger partial charge in [0.2, 0.25) is 0 Å². The Morgan fingerprint density at radius 2 is 2.17 bits per heavy atom. The van der Waals surface area contributed by atoms with Crippen LogP contribution in [-0.4, -0.2) is 0 Å². The van der Waals surface area contributed by atoms with E-state index in [0.717, 1.165) is 11.8 Å². The van der Waals surface area contributed by atoms with Gasteiger partial charge in [-0.3, -0.25) is 0 Å². The Morgan fingerprint density at radius 3 is 2.33 bits per heavy atom. The molecule has 0 fully saturated rings. The molecular formula is C12H22. The Morgan fingerprint density at radius 1 is 1.58 bits per heavy atom. The molecule has 1 rings (SSSR count). The zero-order valence-corrected chi connectivity index (χ0v) is 9.15. The highest BCUT2D eigenvalue weighted by molar-refractivity contribution is 5.20. The molecule has 0 heterocycles. The summed E-state index contributed by atoms with van der Waals surface area (Å²) in [5, 5.41) is 0. The van der Waals surface area contributed by atoms with Crippen LogP contribution in [0, 0.1) is 17.3 Å². The molecule has 0 saturated carbocycles. The Labute approximate surface area is 77.1 Å². The molecular weight excluding hydrogens is 144 g/mol. The standard InChI is InChI=1S/C12H22/c1-6-12(9(2)3)8-10(4)7-11(12)5/h7,9-10H,6,8H2,1-5H3. The maximum Gasteiger partial charge on any atom is -0.00649 e. The Bertz CT molecular complexity index is 188. The van der Waals surface area contributed by atoms with Gasteiger partial charge in [-0.15, -0.1) is 0 Å². The van der Waals surface area contributed by atoms with Crippen molar-refractivity contribution in [3.05, 3.63) is 11.6 Å². The summed E-state index contributed by atoms with van der Waals surface area (Å²) in [6.45, 7) is 11.7. The van der Waals surface area contributed by atoms with E-state index in [2.05, 4.69) is 40.7 Å². The second-order valence-corrected chi connectivity index (χ2v) is 4.70. The lowest BCUT2D eigenvalue weighted by molar-refractivity contribution is 0.217. The molecule has 0 aliphatic heterocycles. The molecule has 70 valence electrons. The van der Waals surface area contributed by atoms with E-state index in [1.54, 1.807) is 5.57 Å². The zero-order valence-electron chi connectivity index (χ0n) is 9.15. The molecule has 2 atom stereocenters. The van der Waals surface area contributed by atoms with Crippen LogP contribution >= 0.6 is 0 Å².